The van der Waals surface area contributed by atoms with Crippen molar-refractivity contribution in [2.45, 2.75) is 89.1 Å². The van der Waals surface area contributed by atoms with Crippen molar-refractivity contribution in [2.24, 2.45) is 5.92 Å². The molecular formula is C18H34N2. The van der Waals surface area contributed by atoms with Gasteiger partial charge in [0.2, 0.25) is 0 Å². The lowest BCUT2D eigenvalue weighted by atomic mass is 9.80. The number of hydrogen-bond donors (Lipinski definition) is 1. The quantitative estimate of drug-likeness (QED) is 0.837. The van der Waals surface area contributed by atoms with Gasteiger partial charge in [0.05, 0.1) is 0 Å². The third kappa shape index (κ3) is 3.06. The highest BCUT2D eigenvalue weighted by molar-refractivity contribution is 5.03. The van der Waals surface area contributed by atoms with Crippen molar-refractivity contribution in [2.75, 3.05) is 19.6 Å². The molecule has 0 radical (unpaired) electrons. The first kappa shape index (κ1) is 14.8. The topological polar surface area (TPSA) is 15.3 Å². The lowest BCUT2D eigenvalue weighted by molar-refractivity contribution is 0.0234. The number of nitrogens with zero attached hydrogens (tertiary/aromatic N) is 1. The molecule has 0 aromatic heterocycles. The SMILES string of the molecule is CCCCN1CC(C2CCCCC2)NCC12CCCC2. The van der Waals surface area contributed by atoms with Crippen molar-refractivity contribution in [3.05, 3.63) is 0 Å². The van der Waals surface area contributed by atoms with E-state index in [1.807, 2.05) is 0 Å². The van der Waals surface area contributed by atoms with Crippen LogP contribution in [0.2, 0.25) is 0 Å². The predicted molar refractivity (Wildman–Crippen MR) is 86.0 cm³/mol. The average Bonchev–Trinajstić information content (AvgIpc) is 2.97. The van der Waals surface area contributed by atoms with E-state index in [2.05, 4.69) is 17.1 Å². The number of nitrogens with one attached hydrogen (secondary N) is 1. The van der Waals surface area contributed by atoms with Crippen LogP contribution in [0, 0.1) is 5.92 Å². The Morgan fingerprint density at radius 3 is 2.50 bits per heavy atom. The zero-order valence-corrected chi connectivity index (χ0v) is 13.5. The van der Waals surface area contributed by atoms with Gasteiger partial charge in [-0.25, -0.2) is 0 Å². The molecule has 20 heavy (non-hydrogen) atoms. The minimum atomic E-state index is 0.542. The first-order valence-corrected chi connectivity index (χ1v) is 9.32. The second kappa shape index (κ2) is 6.79. The molecule has 1 atom stereocenters. The van der Waals surface area contributed by atoms with Crippen molar-refractivity contribution in [1.29, 1.82) is 0 Å². The zero-order chi connectivity index (χ0) is 13.8. The molecule has 1 heterocycles. The number of unbranched alkanes of at least 4 members (excludes halogenated alkanes) is 1. The summed E-state index contributed by atoms with van der Waals surface area (Å²) in [6, 6.07) is 0.790. The smallest absolute Gasteiger partial charge is 0.0334 e. The van der Waals surface area contributed by atoms with Crippen LogP contribution in [0.3, 0.4) is 0 Å². The van der Waals surface area contributed by atoms with Crippen molar-refractivity contribution < 1.29 is 0 Å². The largest absolute Gasteiger partial charge is 0.311 e. The van der Waals surface area contributed by atoms with Gasteiger partial charge in [-0.1, -0.05) is 45.4 Å². The van der Waals surface area contributed by atoms with Crippen molar-refractivity contribution in [1.82, 2.24) is 10.2 Å². The van der Waals surface area contributed by atoms with Gasteiger partial charge in [-0.05, 0) is 44.6 Å². The first-order chi connectivity index (χ1) is 9.84. The lowest BCUT2D eigenvalue weighted by Gasteiger charge is -2.50. The number of piperazine rings is 1. The van der Waals surface area contributed by atoms with Crippen LogP contribution in [0.5, 0.6) is 0 Å². The molecule has 2 heteroatoms. The van der Waals surface area contributed by atoms with Crippen LogP contribution in [0.25, 0.3) is 0 Å². The van der Waals surface area contributed by atoms with Gasteiger partial charge in [0, 0.05) is 24.7 Å². The van der Waals surface area contributed by atoms with E-state index < -0.39 is 0 Å². The maximum Gasteiger partial charge on any atom is 0.0334 e. The van der Waals surface area contributed by atoms with E-state index in [-0.39, 0.29) is 0 Å². The molecule has 2 aliphatic carbocycles. The Morgan fingerprint density at radius 2 is 1.80 bits per heavy atom. The summed E-state index contributed by atoms with van der Waals surface area (Å²) in [5.41, 5.74) is 0.542. The van der Waals surface area contributed by atoms with Gasteiger partial charge < -0.3 is 5.32 Å². The van der Waals surface area contributed by atoms with Gasteiger partial charge in [-0.3, -0.25) is 4.90 Å². The van der Waals surface area contributed by atoms with Crippen LogP contribution in [0.1, 0.15) is 77.6 Å². The number of hydrogen-bond acceptors (Lipinski definition) is 2. The highest BCUT2D eigenvalue weighted by Gasteiger charge is 2.44. The third-order valence-electron chi connectivity index (χ3n) is 6.32. The molecule has 1 spiro atoms. The van der Waals surface area contributed by atoms with Crippen LogP contribution in [0.4, 0.5) is 0 Å². The average molecular weight is 278 g/mol. The zero-order valence-electron chi connectivity index (χ0n) is 13.5. The van der Waals surface area contributed by atoms with Crippen LogP contribution < -0.4 is 5.32 Å². The molecule has 0 amide bonds. The maximum atomic E-state index is 3.99. The molecule has 3 rings (SSSR count). The van der Waals surface area contributed by atoms with Crippen LogP contribution >= 0.6 is 0 Å². The lowest BCUT2D eigenvalue weighted by Crippen LogP contribution is -2.65. The Bertz CT molecular complexity index is 290. The second-order valence-electron chi connectivity index (χ2n) is 7.62. The molecule has 3 aliphatic rings. The second-order valence-corrected chi connectivity index (χ2v) is 7.62. The first-order valence-electron chi connectivity index (χ1n) is 9.32. The van der Waals surface area contributed by atoms with E-state index in [1.165, 1.54) is 90.3 Å². The summed E-state index contributed by atoms with van der Waals surface area (Å²) < 4.78 is 0. The summed E-state index contributed by atoms with van der Waals surface area (Å²) in [5.74, 6) is 0.964. The minimum Gasteiger partial charge on any atom is -0.311 e. The molecule has 116 valence electrons. The summed E-state index contributed by atoms with van der Waals surface area (Å²) in [4.78, 5) is 2.92. The molecule has 1 aliphatic heterocycles. The molecule has 2 nitrogen and oxygen atoms in total. The fourth-order valence-corrected chi connectivity index (χ4v) is 4.98. The van der Waals surface area contributed by atoms with E-state index in [1.54, 1.807) is 0 Å². The molecule has 3 fully saturated rings. The fraction of sp³-hybridized carbons (Fsp3) is 1.00. The molecule has 0 aromatic carbocycles. The Hall–Kier alpha value is -0.0800. The summed E-state index contributed by atoms with van der Waals surface area (Å²) in [5, 5.41) is 3.99. The highest BCUT2D eigenvalue weighted by atomic mass is 15.3. The minimum absolute atomic E-state index is 0.542. The summed E-state index contributed by atoms with van der Waals surface area (Å²) in [6.07, 6.45) is 15.9. The van der Waals surface area contributed by atoms with Gasteiger partial charge >= 0.3 is 0 Å². The molecule has 1 N–H and O–H groups in total. The normalized spacial score (nSPS) is 31.9. The van der Waals surface area contributed by atoms with Gasteiger partial charge in [-0.15, -0.1) is 0 Å². The summed E-state index contributed by atoms with van der Waals surface area (Å²) in [7, 11) is 0. The van der Waals surface area contributed by atoms with Crippen molar-refractivity contribution in [3.63, 3.8) is 0 Å². The van der Waals surface area contributed by atoms with Crippen molar-refractivity contribution in [3.8, 4) is 0 Å². The van der Waals surface area contributed by atoms with Crippen molar-refractivity contribution >= 4 is 0 Å². The maximum absolute atomic E-state index is 3.99. The van der Waals surface area contributed by atoms with Gasteiger partial charge in [-0.2, -0.15) is 0 Å². The van der Waals surface area contributed by atoms with E-state index in [4.69, 9.17) is 0 Å². The van der Waals surface area contributed by atoms with Gasteiger partial charge in [0.1, 0.15) is 0 Å². The fourth-order valence-electron chi connectivity index (χ4n) is 4.98. The van der Waals surface area contributed by atoms with Crippen LogP contribution in [0.15, 0.2) is 0 Å². The van der Waals surface area contributed by atoms with E-state index >= 15 is 0 Å². The molecule has 1 saturated heterocycles. The predicted octanol–water partition coefficient (Wildman–Crippen LogP) is 3.95. The highest BCUT2D eigenvalue weighted by Crippen LogP contribution is 2.39. The Kier molecular flexibility index (Phi) is 5.04. The Morgan fingerprint density at radius 1 is 1.05 bits per heavy atom. The molecule has 0 bridgehead atoms. The Balaban J connectivity index is 1.63. The standard InChI is InChI=1S/C18H34N2/c1-2-3-13-20-14-17(16-9-5-4-6-10-16)19-15-18(20)11-7-8-12-18/h16-17,19H,2-15H2,1H3. The molecular weight excluding hydrogens is 244 g/mol. The summed E-state index contributed by atoms with van der Waals surface area (Å²) >= 11 is 0. The van der Waals surface area contributed by atoms with E-state index in [0.29, 0.717) is 5.54 Å². The van der Waals surface area contributed by atoms with Crippen LogP contribution in [-0.2, 0) is 0 Å². The van der Waals surface area contributed by atoms with Gasteiger partial charge in [0.15, 0.2) is 0 Å². The van der Waals surface area contributed by atoms with Gasteiger partial charge in [0.25, 0.3) is 0 Å². The Labute approximate surface area is 125 Å². The molecule has 0 aromatic rings. The number of rotatable bonds is 4. The molecule has 2 saturated carbocycles. The third-order valence-corrected chi connectivity index (χ3v) is 6.32. The van der Waals surface area contributed by atoms with Crippen LogP contribution in [-0.4, -0.2) is 36.1 Å². The monoisotopic (exact) mass is 278 g/mol. The molecule has 1 unspecified atom stereocenters. The summed E-state index contributed by atoms with van der Waals surface area (Å²) in [6.45, 7) is 6.30. The van der Waals surface area contributed by atoms with E-state index in [0.717, 1.165) is 12.0 Å². The van der Waals surface area contributed by atoms with E-state index in [9.17, 15) is 0 Å².